The largest absolute Gasteiger partial charge is 0.467 e. The molecule has 3 heteroatoms. The van der Waals surface area contributed by atoms with Crippen molar-refractivity contribution in [1.29, 1.82) is 0 Å². The van der Waals surface area contributed by atoms with E-state index in [1.807, 2.05) is 49.4 Å². The number of benzene rings is 1. The number of para-hydroxylation sites is 1. The number of hydrogen-bond acceptors (Lipinski definition) is 2. The van der Waals surface area contributed by atoms with Crippen molar-refractivity contribution < 1.29 is 9.21 Å². The fraction of sp³-hybridized carbons (Fsp3) is 0.235. The molecule has 104 valence electrons. The van der Waals surface area contributed by atoms with Crippen LogP contribution in [0.4, 0.5) is 5.69 Å². The Kier molecular flexibility index (Phi) is 4.41. The number of carbonyl (C=O) groups excluding carboxylic acids is 1. The van der Waals surface area contributed by atoms with Gasteiger partial charge >= 0.3 is 0 Å². The molecule has 0 saturated heterocycles. The molecule has 0 aliphatic heterocycles. The predicted octanol–water partition coefficient (Wildman–Crippen LogP) is 4.34. The molecule has 2 aromatic rings. The summed E-state index contributed by atoms with van der Waals surface area (Å²) in [5, 5.41) is 0. The molecule has 0 N–H and O–H groups in total. The lowest BCUT2D eigenvalue weighted by Gasteiger charge is -2.30. The zero-order valence-corrected chi connectivity index (χ0v) is 11.9. The molecule has 3 nitrogen and oxygen atoms in total. The van der Waals surface area contributed by atoms with Gasteiger partial charge in [-0.05, 0) is 37.6 Å². The molecule has 0 spiro atoms. The molecule has 2 rings (SSSR count). The van der Waals surface area contributed by atoms with Crippen LogP contribution in [0.1, 0.15) is 32.1 Å². The maximum absolute atomic E-state index is 12.1. The molecule has 0 bridgehead atoms. The van der Waals surface area contributed by atoms with Crippen LogP contribution in [-0.4, -0.2) is 5.91 Å². The number of rotatable bonds is 5. The number of furan rings is 1. The summed E-state index contributed by atoms with van der Waals surface area (Å²) in [6.45, 7) is 7.49. The Labute approximate surface area is 119 Å². The maximum atomic E-state index is 12.1. The summed E-state index contributed by atoms with van der Waals surface area (Å²) in [4.78, 5) is 13.9. The fourth-order valence-electron chi connectivity index (χ4n) is 2.30. The summed E-state index contributed by atoms with van der Waals surface area (Å²) < 4.78 is 5.51. The molecular weight excluding hydrogens is 250 g/mol. The number of anilines is 1. The molecule has 0 aliphatic rings. The fourth-order valence-corrected chi connectivity index (χ4v) is 2.30. The molecule has 0 radical (unpaired) electrons. The lowest BCUT2D eigenvalue weighted by atomic mass is 10.0. The standard InChI is InChI=1S/C17H19NO2/c1-13(2)12-16(17-10-7-11-20-17)18(14(3)19)15-8-5-4-6-9-15/h4-11,16H,1,12H2,2-3H3/t16-/m1/s1. The van der Waals surface area contributed by atoms with Gasteiger partial charge in [0, 0.05) is 12.6 Å². The summed E-state index contributed by atoms with van der Waals surface area (Å²) in [7, 11) is 0. The minimum atomic E-state index is -0.164. The van der Waals surface area contributed by atoms with E-state index in [1.54, 1.807) is 18.1 Å². The number of hydrogen-bond donors (Lipinski definition) is 0. The lowest BCUT2D eigenvalue weighted by molar-refractivity contribution is -0.117. The Balaban J connectivity index is 2.42. The van der Waals surface area contributed by atoms with Crippen molar-refractivity contribution in [3.8, 4) is 0 Å². The third-order valence-corrected chi connectivity index (χ3v) is 3.10. The monoisotopic (exact) mass is 269 g/mol. The number of amides is 1. The van der Waals surface area contributed by atoms with E-state index in [0.717, 1.165) is 17.0 Å². The van der Waals surface area contributed by atoms with Gasteiger partial charge in [-0.2, -0.15) is 0 Å². The highest BCUT2D eigenvalue weighted by Gasteiger charge is 2.26. The maximum Gasteiger partial charge on any atom is 0.224 e. The summed E-state index contributed by atoms with van der Waals surface area (Å²) in [5.74, 6) is 0.755. The molecule has 20 heavy (non-hydrogen) atoms. The zero-order chi connectivity index (χ0) is 14.5. The van der Waals surface area contributed by atoms with Gasteiger partial charge in [-0.25, -0.2) is 0 Å². The van der Waals surface area contributed by atoms with Gasteiger partial charge in [-0.1, -0.05) is 23.8 Å². The van der Waals surface area contributed by atoms with Gasteiger partial charge < -0.3 is 9.32 Å². The van der Waals surface area contributed by atoms with Crippen molar-refractivity contribution >= 4 is 11.6 Å². The van der Waals surface area contributed by atoms with E-state index in [0.29, 0.717) is 6.42 Å². The van der Waals surface area contributed by atoms with Gasteiger partial charge in [0.25, 0.3) is 0 Å². The van der Waals surface area contributed by atoms with E-state index >= 15 is 0 Å². The number of nitrogens with zero attached hydrogens (tertiary/aromatic N) is 1. The van der Waals surface area contributed by atoms with Crippen LogP contribution in [0, 0.1) is 0 Å². The van der Waals surface area contributed by atoms with Crippen LogP contribution in [0.15, 0.2) is 65.3 Å². The highest BCUT2D eigenvalue weighted by Crippen LogP contribution is 2.32. The van der Waals surface area contributed by atoms with E-state index in [4.69, 9.17) is 4.42 Å². The average molecular weight is 269 g/mol. The summed E-state index contributed by atoms with van der Waals surface area (Å²) >= 11 is 0. The second-order valence-electron chi connectivity index (χ2n) is 4.92. The third-order valence-electron chi connectivity index (χ3n) is 3.10. The summed E-state index contributed by atoms with van der Waals surface area (Å²) in [6, 6.07) is 13.2. The van der Waals surface area contributed by atoms with E-state index < -0.39 is 0 Å². The molecule has 1 amide bonds. The van der Waals surface area contributed by atoms with Gasteiger partial charge in [0.1, 0.15) is 5.76 Å². The van der Waals surface area contributed by atoms with Gasteiger partial charge in [-0.3, -0.25) is 4.79 Å². The van der Waals surface area contributed by atoms with Crippen LogP contribution in [0.25, 0.3) is 0 Å². The molecular formula is C17H19NO2. The normalized spacial score (nSPS) is 11.9. The van der Waals surface area contributed by atoms with Crippen LogP contribution >= 0.6 is 0 Å². The second kappa shape index (κ2) is 6.24. The smallest absolute Gasteiger partial charge is 0.224 e. The molecule has 1 atom stereocenters. The minimum absolute atomic E-state index is 0.0150. The van der Waals surface area contributed by atoms with Gasteiger partial charge in [0.05, 0.1) is 12.3 Å². The first-order valence-corrected chi connectivity index (χ1v) is 6.62. The third kappa shape index (κ3) is 3.18. The quantitative estimate of drug-likeness (QED) is 0.756. The Morgan fingerprint density at radius 3 is 2.40 bits per heavy atom. The first-order valence-electron chi connectivity index (χ1n) is 6.62. The van der Waals surface area contributed by atoms with E-state index in [-0.39, 0.29) is 11.9 Å². The lowest BCUT2D eigenvalue weighted by Crippen LogP contribution is -2.33. The highest BCUT2D eigenvalue weighted by atomic mass is 16.3. The Morgan fingerprint density at radius 2 is 1.90 bits per heavy atom. The predicted molar refractivity (Wildman–Crippen MR) is 80.5 cm³/mol. The summed E-state index contributed by atoms with van der Waals surface area (Å²) in [5.41, 5.74) is 1.87. The number of carbonyl (C=O) groups is 1. The van der Waals surface area contributed by atoms with E-state index in [2.05, 4.69) is 6.58 Å². The van der Waals surface area contributed by atoms with E-state index in [1.165, 1.54) is 0 Å². The Bertz CT molecular complexity index is 572. The van der Waals surface area contributed by atoms with Crippen molar-refractivity contribution in [3.63, 3.8) is 0 Å². The van der Waals surface area contributed by atoms with Crippen LogP contribution in [0.5, 0.6) is 0 Å². The molecule has 1 aromatic heterocycles. The van der Waals surface area contributed by atoms with Crippen LogP contribution < -0.4 is 4.90 Å². The van der Waals surface area contributed by atoms with Crippen molar-refractivity contribution in [3.05, 3.63) is 66.6 Å². The second-order valence-corrected chi connectivity index (χ2v) is 4.92. The Morgan fingerprint density at radius 1 is 1.20 bits per heavy atom. The molecule has 1 heterocycles. The molecule has 0 aliphatic carbocycles. The van der Waals surface area contributed by atoms with Crippen molar-refractivity contribution in [2.24, 2.45) is 0 Å². The van der Waals surface area contributed by atoms with Crippen LogP contribution in [0.3, 0.4) is 0 Å². The van der Waals surface area contributed by atoms with Crippen LogP contribution in [0.2, 0.25) is 0 Å². The first kappa shape index (κ1) is 14.1. The van der Waals surface area contributed by atoms with Crippen LogP contribution in [-0.2, 0) is 4.79 Å². The van der Waals surface area contributed by atoms with Crippen molar-refractivity contribution in [2.45, 2.75) is 26.3 Å². The zero-order valence-electron chi connectivity index (χ0n) is 11.9. The highest BCUT2D eigenvalue weighted by molar-refractivity contribution is 5.92. The van der Waals surface area contributed by atoms with E-state index in [9.17, 15) is 4.79 Å². The Hall–Kier alpha value is -2.29. The van der Waals surface area contributed by atoms with Gasteiger partial charge in [-0.15, -0.1) is 6.58 Å². The van der Waals surface area contributed by atoms with Gasteiger partial charge in [0.15, 0.2) is 0 Å². The van der Waals surface area contributed by atoms with Gasteiger partial charge in [0.2, 0.25) is 5.91 Å². The molecule has 0 unspecified atom stereocenters. The molecule has 0 fully saturated rings. The first-order chi connectivity index (χ1) is 9.59. The van der Waals surface area contributed by atoms with Crippen molar-refractivity contribution in [2.75, 3.05) is 4.90 Å². The van der Waals surface area contributed by atoms with Crippen molar-refractivity contribution in [1.82, 2.24) is 0 Å². The molecule has 0 saturated carbocycles. The minimum Gasteiger partial charge on any atom is -0.467 e. The average Bonchev–Trinajstić information content (AvgIpc) is 2.92. The topological polar surface area (TPSA) is 33.5 Å². The summed E-state index contributed by atoms with van der Waals surface area (Å²) in [6.07, 6.45) is 2.30. The molecule has 1 aromatic carbocycles. The SMILES string of the molecule is C=C(C)C[C@H](c1ccco1)N(C(C)=O)c1ccccc1.